The molecule has 0 N–H and O–H groups in total. The number of hydrogen-bond acceptors (Lipinski definition) is 6. The molecule has 6 nitrogen and oxygen atoms in total. The summed E-state index contributed by atoms with van der Waals surface area (Å²) in [5.41, 5.74) is 2.75. The molecule has 0 unspecified atom stereocenters. The van der Waals surface area contributed by atoms with E-state index in [0.29, 0.717) is 0 Å². The van der Waals surface area contributed by atoms with Crippen LogP contribution in [0, 0.1) is 0 Å². The number of rotatable bonds is 4. The van der Waals surface area contributed by atoms with E-state index in [0.717, 1.165) is 27.8 Å². The molecule has 0 spiro atoms. The molecule has 6 heteroatoms. The topological polar surface area (TPSA) is 65.1 Å². The van der Waals surface area contributed by atoms with Gasteiger partial charge in [0.05, 0.1) is 14.2 Å². The number of hydrogen-bond donors (Lipinski definition) is 0. The predicted molar refractivity (Wildman–Crippen MR) is 122 cm³/mol. The summed E-state index contributed by atoms with van der Waals surface area (Å²) in [5.74, 6) is -1.18. The van der Waals surface area contributed by atoms with E-state index in [1.54, 1.807) is 6.92 Å². The summed E-state index contributed by atoms with van der Waals surface area (Å²) in [6, 6.07) is 25.3. The summed E-state index contributed by atoms with van der Waals surface area (Å²) in [7, 11) is 2.61. The maximum Gasteiger partial charge on any atom is 0.340 e. The van der Waals surface area contributed by atoms with Gasteiger partial charge in [0.15, 0.2) is 11.6 Å². The molecule has 5 rings (SSSR count). The zero-order chi connectivity index (χ0) is 23.2. The molecule has 0 aromatic heterocycles. The molecule has 3 aromatic carbocycles. The van der Waals surface area contributed by atoms with Crippen molar-refractivity contribution in [1.29, 1.82) is 0 Å². The molecule has 0 amide bonds. The first-order valence-electron chi connectivity index (χ1n) is 10.8. The summed E-state index contributed by atoms with van der Waals surface area (Å²) < 4.78 is 16.3. The van der Waals surface area contributed by atoms with E-state index in [4.69, 9.17) is 14.2 Å². The molecule has 1 saturated heterocycles. The third-order valence-electron chi connectivity index (χ3n) is 6.90. The number of carbonyl (C=O) groups excluding carboxylic acids is 2. The van der Waals surface area contributed by atoms with Gasteiger partial charge in [0.2, 0.25) is 0 Å². The largest absolute Gasteiger partial charge is 0.468 e. The molecule has 2 aliphatic rings. The van der Waals surface area contributed by atoms with Gasteiger partial charge in [-0.1, -0.05) is 78.9 Å². The van der Waals surface area contributed by atoms with Crippen LogP contribution in [-0.2, 0) is 29.3 Å². The molecule has 1 heterocycles. The van der Waals surface area contributed by atoms with Crippen molar-refractivity contribution >= 4 is 11.9 Å². The lowest BCUT2D eigenvalue weighted by atomic mass is 9.77. The smallest absolute Gasteiger partial charge is 0.340 e. The van der Waals surface area contributed by atoms with Crippen molar-refractivity contribution in [2.45, 2.75) is 24.1 Å². The van der Waals surface area contributed by atoms with Crippen LogP contribution in [0.25, 0.3) is 11.1 Å². The monoisotopic (exact) mass is 443 g/mol. The molecule has 2 atom stereocenters. The second kappa shape index (κ2) is 7.83. The zero-order valence-corrected chi connectivity index (χ0v) is 18.8. The summed E-state index contributed by atoms with van der Waals surface area (Å²) in [5, 5.41) is 0. The fraction of sp³-hybridized carbons (Fsp3) is 0.259. The molecule has 33 heavy (non-hydrogen) atoms. The number of esters is 2. The van der Waals surface area contributed by atoms with Crippen molar-refractivity contribution < 1.29 is 23.8 Å². The Kier molecular flexibility index (Phi) is 5.07. The Bertz CT molecular complexity index is 1180. The van der Waals surface area contributed by atoms with Gasteiger partial charge >= 0.3 is 11.9 Å². The van der Waals surface area contributed by atoms with Gasteiger partial charge < -0.3 is 14.2 Å². The van der Waals surface area contributed by atoms with Gasteiger partial charge in [-0.15, -0.1) is 0 Å². The van der Waals surface area contributed by atoms with Crippen molar-refractivity contribution in [3.05, 3.63) is 95.6 Å². The van der Waals surface area contributed by atoms with E-state index in [-0.39, 0.29) is 6.73 Å². The maximum atomic E-state index is 13.3. The number of benzene rings is 3. The minimum atomic E-state index is -1.53. The van der Waals surface area contributed by atoms with Crippen molar-refractivity contribution in [2.24, 2.45) is 0 Å². The molecule has 1 aliphatic carbocycles. The molecule has 0 saturated carbocycles. The van der Waals surface area contributed by atoms with Crippen LogP contribution < -0.4 is 0 Å². The van der Waals surface area contributed by atoms with Crippen LogP contribution in [0.5, 0.6) is 0 Å². The summed E-state index contributed by atoms with van der Waals surface area (Å²) in [6.07, 6.45) is 0. The normalized spacial score (nSPS) is 22.9. The Morgan fingerprint density at radius 3 is 1.94 bits per heavy atom. The first-order chi connectivity index (χ1) is 16.0. The minimum absolute atomic E-state index is 0.0307. The highest BCUT2D eigenvalue weighted by atomic mass is 16.6. The molecule has 168 valence electrons. The third kappa shape index (κ3) is 2.81. The van der Waals surface area contributed by atoms with Crippen molar-refractivity contribution in [2.75, 3.05) is 21.0 Å². The van der Waals surface area contributed by atoms with Crippen LogP contribution in [-0.4, -0.2) is 49.4 Å². The van der Waals surface area contributed by atoms with E-state index < -0.39 is 29.1 Å². The van der Waals surface area contributed by atoms with E-state index in [1.165, 1.54) is 14.2 Å². The number of fused-ring (bicyclic) bond motifs is 3. The average Bonchev–Trinajstić information content (AvgIpc) is 3.38. The fourth-order valence-electron chi connectivity index (χ4n) is 5.46. The van der Waals surface area contributed by atoms with Crippen molar-refractivity contribution in [1.82, 2.24) is 4.90 Å². The van der Waals surface area contributed by atoms with Gasteiger partial charge in [-0.25, -0.2) is 9.69 Å². The first-order valence-corrected chi connectivity index (χ1v) is 10.8. The second-order valence-electron chi connectivity index (χ2n) is 8.44. The lowest BCUT2D eigenvalue weighted by Crippen LogP contribution is -2.59. The SMILES string of the molecule is COC(=O)[C@H]1N(C2(c3ccccc3)c3ccccc3-c3ccccc32)CO[C@]1(C)C(=O)OC. The van der Waals surface area contributed by atoms with Crippen LogP contribution in [0.3, 0.4) is 0 Å². The van der Waals surface area contributed by atoms with Crippen LogP contribution in [0.4, 0.5) is 0 Å². The van der Waals surface area contributed by atoms with Crippen LogP contribution >= 0.6 is 0 Å². The lowest BCUT2D eigenvalue weighted by molar-refractivity contribution is -0.169. The highest BCUT2D eigenvalue weighted by Crippen LogP contribution is 2.56. The van der Waals surface area contributed by atoms with Gasteiger partial charge in [0.1, 0.15) is 12.3 Å². The second-order valence-corrected chi connectivity index (χ2v) is 8.44. The van der Waals surface area contributed by atoms with Crippen LogP contribution in [0.2, 0.25) is 0 Å². The van der Waals surface area contributed by atoms with Gasteiger partial charge in [-0.05, 0) is 34.7 Å². The number of ether oxygens (including phenoxy) is 3. The average molecular weight is 443 g/mol. The van der Waals surface area contributed by atoms with Crippen LogP contribution in [0.1, 0.15) is 23.6 Å². The Morgan fingerprint density at radius 2 is 1.39 bits per heavy atom. The standard InChI is InChI=1S/C27H25NO5/c1-26(25(30)32-3)23(24(29)31-2)28(17-33-26)27(18-11-5-4-6-12-18)21-15-9-7-13-19(21)20-14-8-10-16-22(20)27/h4-16,23H,17H2,1-3H3/t23-,26+/m1/s1. The first kappa shape index (κ1) is 21.4. The lowest BCUT2D eigenvalue weighted by Gasteiger charge is -2.43. The highest BCUT2D eigenvalue weighted by Gasteiger charge is 2.63. The third-order valence-corrected chi connectivity index (χ3v) is 6.90. The van der Waals surface area contributed by atoms with Crippen molar-refractivity contribution in [3.63, 3.8) is 0 Å². The maximum absolute atomic E-state index is 13.3. The van der Waals surface area contributed by atoms with Gasteiger partial charge in [0.25, 0.3) is 0 Å². The Balaban J connectivity index is 1.86. The van der Waals surface area contributed by atoms with E-state index >= 15 is 0 Å². The van der Waals surface area contributed by atoms with Gasteiger partial charge in [-0.2, -0.15) is 0 Å². The summed E-state index contributed by atoms with van der Waals surface area (Å²) in [4.78, 5) is 28.1. The molecule has 1 fully saturated rings. The Hall–Kier alpha value is -3.48. The Morgan fingerprint density at radius 1 is 0.848 bits per heavy atom. The van der Waals surface area contributed by atoms with Gasteiger partial charge in [-0.3, -0.25) is 4.79 Å². The highest BCUT2D eigenvalue weighted by molar-refractivity contribution is 5.91. The minimum Gasteiger partial charge on any atom is -0.468 e. The number of carbonyl (C=O) groups is 2. The number of methoxy groups -OCH3 is 2. The molecular weight excluding hydrogens is 418 g/mol. The van der Waals surface area contributed by atoms with Gasteiger partial charge in [0, 0.05) is 0 Å². The molecule has 3 aromatic rings. The molecule has 0 bridgehead atoms. The zero-order valence-electron chi connectivity index (χ0n) is 18.8. The number of nitrogens with zero attached hydrogens (tertiary/aromatic N) is 1. The van der Waals surface area contributed by atoms with E-state index in [2.05, 4.69) is 24.3 Å². The quantitative estimate of drug-likeness (QED) is 0.573. The molecule has 0 radical (unpaired) electrons. The van der Waals surface area contributed by atoms with E-state index in [9.17, 15) is 9.59 Å². The van der Waals surface area contributed by atoms with E-state index in [1.807, 2.05) is 59.5 Å². The fourth-order valence-corrected chi connectivity index (χ4v) is 5.46. The van der Waals surface area contributed by atoms with Crippen molar-refractivity contribution in [3.8, 4) is 11.1 Å². The Labute approximate surface area is 192 Å². The summed E-state index contributed by atoms with van der Waals surface area (Å²) in [6.45, 7) is 1.62. The summed E-state index contributed by atoms with van der Waals surface area (Å²) >= 11 is 0. The van der Waals surface area contributed by atoms with Crippen LogP contribution in [0.15, 0.2) is 78.9 Å². The molecular formula is C27H25NO5. The molecule has 1 aliphatic heterocycles. The predicted octanol–water partition coefficient (Wildman–Crippen LogP) is 3.72.